The van der Waals surface area contributed by atoms with Crippen LogP contribution in [0.25, 0.3) is 0 Å². The van der Waals surface area contributed by atoms with E-state index in [1.165, 1.54) is 83.5 Å². The third-order valence-corrected chi connectivity index (χ3v) is 14.7. The fourth-order valence-corrected chi connectivity index (χ4v) is 9.64. The van der Waals surface area contributed by atoms with Gasteiger partial charge in [-0.15, -0.1) is 0 Å². The second-order valence-electron chi connectivity index (χ2n) is 21.8. The van der Waals surface area contributed by atoms with E-state index < -0.39 is 24.1 Å². The minimum atomic E-state index is -0.813. The molecule has 1 aromatic rings. The van der Waals surface area contributed by atoms with Gasteiger partial charge >= 0.3 is 24.2 Å². The maximum atomic E-state index is 13.4. The summed E-state index contributed by atoms with van der Waals surface area (Å²) in [5.74, 6) is 2.59. The van der Waals surface area contributed by atoms with Crippen molar-refractivity contribution in [3.8, 4) is 11.5 Å². The molecule has 1 aliphatic heterocycles. The van der Waals surface area contributed by atoms with E-state index >= 15 is 0 Å². The summed E-state index contributed by atoms with van der Waals surface area (Å²) in [4.78, 5) is 53.2. The van der Waals surface area contributed by atoms with E-state index in [1.54, 1.807) is 0 Å². The molecule has 0 aliphatic carbocycles. The molecule has 2 rings (SSSR count). The second kappa shape index (κ2) is 37.2. The quantitative estimate of drug-likeness (QED) is 0.0382. The molecule has 12 heteroatoms. The Morgan fingerprint density at radius 1 is 0.634 bits per heavy atom. The van der Waals surface area contributed by atoms with Crippen molar-refractivity contribution in [2.24, 2.45) is 23.7 Å². The summed E-state index contributed by atoms with van der Waals surface area (Å²) in [6, 6.07) is 0. The van der Waals surface area contributed by atoms with Crippen molar-refractivity contribution < 1.29 is 47.6 Å². The Kier molecular flexibility index (Phi) is 33.3. The number of hydrogen-bond donors (Lipinski definition) is 1. The fourth-order valence-electron chi connectivity index (χ4n) is 9.64. The summed E-state index contributed by atoms with van der Waals surface area (Å²) < 4.78 is 34.6. The second-order valence-corrected chi connectivity index (χ2v) is 21.8. The van der Waals surface area contributed by atoms with Gasteiger partial charge in [-0.25, -0.2) is 9.59 Å². The van der Waals surface area contributed by atoms with Crippen molar-refractivity contribution in [3.05, 3.63) is 22.3 Å². The molecular formula is C59H104N2O10. The number of unbranched alkanes of at least 4 members (excludes halogenated alkanes) is 9. The van der Waals surface area contributed by atoms with Gasteiger partial charge in [0.15, 0.2) is 0 Å². The molecule has 0 spiro atoms. The summed E-state index contributed by atoms with van der Waals surface area (Å²) in [6.07, 6.45) is 24.2. The van der Waals surface area contributed by atoms with Crippen LogP contribution < -0.4 is 14.8 Å². The fraction of sp³-hybridized carbons (Fsp3) is 0.831. The minimum Gasteiger partial charge on any atom is -0.487 e. The summed E-state index contributed by atoms with van der Waals surface area (Å²) in [7, 11) is 0. The number of nitrogens with zero attached hydrogens (tertiary/aromatic N) is 1. The Morgan fingerprint density at radius 2 is 1.20 bits per heavy atom. The van der Waals surface area contributed by atoms with E-state index in [1.807, 2.05) is 20.8 Å². The Morgan fingerprint density at radius 3 is 1.83 bits per heavy atom. The highest BCUT2D eigenvalue weighted by atomic mass is 16.7. The van der Waals surface area contributed by atoms with Gasteiger partial charge in [-0.05, 0) is 127 Å². The lowest BCUT2D eigenvalue weighted by molar-refractivity contribution is -0.145. The predicted molar refractivity (Wildman–Crippen MR) is 288 cm³/mol. The molecule has 4 atom stereocenters. The van der Waals surface area contributed by atoms with Crippen LogP contribution in [0.15, 0.2) is 0 Å². The first-order valence-electron chi connectivity index (χ1n) is 28.6. The summed E-state index contributed by atoms with van der Waals surface area (Å²) in [5, 5.41) is 2.82. The molecule has 1 heterocycles. The first-order chi connectivity index (χ1) is 34.0. The molecule has 410 valence electrons. The van der Waals surface area contributed by atoms with Crippen molar-refractivity contribution in [1.82, 2.24) is 10.2 Å². The molecule has 1 aliphatic rings. The monoisotopic (exact) mass is 1000 g/mol. The molecule has 1 N–H and O–H groups in total. The van der Waals surface area contributed by atoms with E-state index in [4.69, 9.17) is 28.4 Å². The number of nitrogens with one attached hydrogen (secondary N) is 1. The van der Waals surface area contributed by atoms with Crippen LogP contribution in [0.1, 0.15) is 232 Å². The van der Waals surface area contributed by atoms with Gasteiger partial charge in [0.25, 0.3) is 0 Å². The molecule has 1 amide bonds. The first-order valence-corrected chi connectivity index (χ1v) is 28.6. The van der Waals surface area contributed by atoms with Gasteiger partial charge in [-0.1, -0.05) is 145 Å². The van der Waals surface area contributed by atoms with Gasteiger partial charge in [0.05, 0.1) is 19.8 Å². The number of ether oxygens (including phenoxy) is 6. The average Bonchev–Trinajstić information content (AvgIpc) is 3.33. The summed E-state index contributed by atoms with van der Waals surface area (Å²) in [6.45, 7) is 27.2. The van der Waals surface area contributed by atoms with Crippen LogP contribution in [0, 0.1) is 44.4 Å². The Labute approximate surface area is 432 Å². The highest BCUT2D eigenvalue weighted by Gasteiger charge is 2.35. The van der Waals surface area contributed by atoms with Crippen molar-refractivity contribution in [1.29, 1.82) is 0 Å². The van der Waals surface area contributed by atoms with E-state index in [0.717, 1.165) is 98.0 Å². The molecule has 0 saturated carbocycles. The molecule has 71 heavy (non-hydrogen) atoms. The van der Waals surface area contributed by atoms with Gasteiger partial charge < -0.3 is 38.6 Å². The zero-order chi connectivity index (χ0) is 52.4. The van der Waals surface area contributed by atoms with Gasteiger partial charge in [0.1, 0.15) is 23.7 Å². The molecule has 0 saturated heterocycles. The largest absolute Gasteiger partial charge is 0.508 e. The Balaban J connectivity index is 1.89. The minimum absolute atomic E-state index is 0.0298. The Bertz CT molecular complexity index is 1650. The van der Waals surface area contributed by atoms with Gasteiger partial charge in [0, 0.05) is 37.4 Å². The van der Waals surface area contributed by atoms with E-state index in [0.29, 0.717) is 50.4 Å². The van der Waals surface area contributed by atoms with Gasteiger partial charge in [-0.2, -0.15) is 0 Å². The molecule has 0 radical (unpaired) electrons. The average molecular weight is 1000 g/mol. The standard InChI is InChI=1S/C59H104N2O10/c1-12-15-16-17-18-19-20-24-40-66-53(62)34-22-21-23-35-54(63)68-43-51(44-69-58(65)67-41-28-39-61(13-2)14-3)42-60-57(64)70-55-48(8)49(9)56-52(50(55)10)36-38-59(11,71-56)37-27-33-47(7)32-26-31-46(6)30-25-29-45(4)5/h45-47,51H,12-44H2,1-11H3,(H,60,64)/t46-,47-,51?,59-/m1/s1. The maximum Gasteiger partial charge on any atom is 0.508 e. The number of benzene rings is 1. The molecule has 1 aromatic carbocycles. The topological polar surface area (TPSA) is 139 Å². The van der Waals surface area contributed by atoms with Crippen LogP contribution in [0.3, 0.4) is 0 Å². The van der Waals surface area contributed by atoms with Gasteiger partial charge in [0.2, 0.25) is 0 Å². The highest BCUT2D eigenvalue weighted by Crippen LogP contribution is 2.45. The zero-order valence-corrected chi connectivity index (χ0v) is 47.2. The number of amides is 1. The molecular weight excluding hydrogens is 897 g/mol. The van der Waals surface area contributed by atoms with E-state index in [9.17, 15) is 19.2 Å². The van der Waals surface area contributed by atoms with Crippen molar-refractivity contribution >= 4 is 24.2 Å². The van der Waals surface area contributed by atoms with Crippen LogP contribution in [0.4, 0.5) is 9.59 Å². The lowest BCUT2D eigenvalue weighted by atomic mass is 9.83. The smallest absolute Gasteiger partial charge is 0.487 e. The van der Waals surface area contributed by atoms with E-state index in [2.05, 4.69) is 65.6 Å². The van der Waals surface area contributed by atoms with Gasteiger partial charge in [-0.3, -0.25) is 9.59 Å². The van der Waals surface area contributed by atoms with E-state index in [-0.39, 0.29) is 44.4 Å². The third kappa shape index (κ3) is 27.9. The lowest BCUT2D eigenvalue weighted by Crippen LogP contribution is -2.38. The van der Waals surface area contributed by atoms with Crippen LogP contribution >= 0.6 is 0 Å². The molecule has 12 nitrogen and oxygen atoms in total. The van der Waals surface area contributed by atoms with Crippen LogP contribution in [-0.2, 0) is 35.0 Å². The summed E-state index contributed by atoms with van der Waals surface area (Å²) >= 11 is 0. The normalized spacial score (nSPS) is 15.7. The zero-order valence-electron chi connectivity index (χ0n) is 47.2. The number of carbonyl (C=O) groups is 4. The summed E-state index contributed by atoms with van der Waals surface area (Å²) in [5.41, 5.74) is 3.54. The van der Waals surface area contributed by atoms with Crippen LogP contribution in [0.5, 0.6) is 11.5 Å². The molecule has 0 aromatic heterocycles. The molecule has 0 fully saturated rings. The van der Waals surface area contributed by atoms with Crippen molar-refractivity contribution in [3.63, 3.8) is 0 Å². The van der Waals surface area contributed by atoms with Crippen LogP contribution in [0.2, 0.25) is 0 Å². The Hall–Kier alpha value is -3.54. The number of rotatable bonds is 40. The highest BCUT2D eigenvalue weighted by molar-refractivity contribution is 5.73. The van der Waals surface area contributed by atoms with Crippen molar-refractivity contribution in [2.75, 3.05) is 52.6 Å². The lowest BCUT2D eigenvalue weighted by Gasteiger charge is -2.38. The molecule has 1 unspecified atom stereocenters. The molecule has 0 bridgehead atoms. The van der Waals surface area contributed by atoms with Crippen molar-refractivity contribution in [2.45, 2.75) is 242 Å². The third-order valence-electron chi connectivity index (χ3n) is 14.7. The number of fused-ring (bicyclic) bond motifs is 1. The predicted octanol–water partition coefficient (Wildman–Crippen LogP) is 14.9. The maximum absolute atomic E-state index is 13.4. The number of esters is 2. The SMILES string of the molecule is CCCCCCCCCCOC(=O)CCCCCC(=O)OCC(CNC(=O)Oc1c(C)c(C)c2c(c1C)CC[C@@](C)(CCC[C@H](C)CCC[C@H](C)CCCC(C)C)O2)COC(=O)OCCCN(CC)CC. The number of hydrogen-bond acceptors (Lipinski definition) is 11. The van der Waals surface area contributed by atoms with Crippen LogP contribution in [-0.4, -0.2) is 87.3 Å². The first kappa shape index (κ1) is 63.6. The number of carbonyl (C=O) groups excluding carboxylic acids is 4.